The molecule has 0 aliphatic carbocycles. The van der Waals surface area contributed by atoms with Gasteiger partial charge >= 0.3 is 35.8 Å². The normalized spacial score (nSPS) is 11.5. The Kier molecular flexibility index (Phi) is 27.4. The molecule has 0 aromatic carbocycles. The molecule has 0 unspecified atom stereocenters. The van der Waals surface area contributed by atoms with Crippen LogP contribution >= 0.6 is 0 Å². The van der Waals surface area contributed by atoms with Crippen LogP contribution in [0, 0.1) is 0 Å². The van der Waals surface area contributed by atoms with Crippen molar-refractivity contribution in [1.29, 1.82) is 0 Å². The molecule has 196 valence electrons. The van der Waals surface area contributed by atoms with Crippen LogP contribution in [0.25, 0.3) is 0 Å². The maximum atomic E-state index is 12.9. The first kappa shape index (κ1) is 34.6. The third kappa shape index (κ3) is 19.5. The third-order valence-electron chi connectivity index (χ3n) is 5.88. The summed E-state index contributed by atoms with van der Waals surface area (Å²) in [6, 6.07) is 0. The Morgan fingerprint density at radius 1 is 0.455 bits per heavy atom. The standard InChI is InChI=1S/C28H52O4.Sn.4H/c1-5-9-13-15-17-19-21-25(27(29)31-23-11-7-3)26(28(30)32-24-12-8-4)22-20-18-16-14-10-6-2;;;;;/h5-24H2,1-4H3;;;;;/b26-25-;;;;;. The molecule has 4 nitrogen and oxygen atoms in total. The molecule has 33 heavy (non-hydrogen) atoms. The Bertz CT molecular complexity index is 458. The monoisotopic (exact) mass is 576 g/mol. The van der Waals surface area contributed by atoms with Crippen molar-refractivity contribution < 1.29 is 19.1 Å². The van der Waals surface area contributed by atoms with Gasteiger partial charge in [0.05, 0.1) is 13.2 Å². The molecular formula is C28H56O4Sn. The molecule has 0 fully saturated rings. The Hall–Kier alpha value is -0.521. The van der Waals surface area contributed by atoms with Crippen LogP contribution in [0.15, 0.2) is 11.1 Å². The molecule has 0 heterocycles. The summed E-state index contributed by atoms with van der Waals surface area (Å²) < 4.78 is 11.1. The van der Waals surface area contributed by atoms with Crippen molar-refractivity contribution >= 4 is 35.8 Å². The van der Waals surface area contributed by atoms with Crippen molar-refractivity contribution in [2.24, 2.45) is 0 Å². The number of unbranched alkanes of at least 4 members (excludes halogenated alkanes) is 12. The van der Waals surface area contributed by atoms with E-state index in [0.717, 1.165) is 51.4 Å². The van der Waals surface area contributed by atoms with Crippen LogP contribution in [0.4, 0.5) is 0 Å². The van der Waals surface area contributed by atoms with Crippen molar-refractivity contribution in [2.45, 2.75) is 143 Å². The molecule has 0 rings (SSSR count). The zero-order valence-electron chi connectivity index (χ0n) is 21.8. The molecule has 0 saturated carbocycles. The molecule has 0 aliphatic rings. The summed E-state index contributed by atoms with van der Waals surface area (Å²) in [5.41, 5.74) is 1.15. The summed E-state index contributed by atoms with van der Waals surface area (Å²) in [6.07, 6.45) is 18.7. The van der Waals surface area contributed by atoms with Crippen LogP contribution in [-0.4, -0.2) is 49.1 Å². The molecule has 0 bridgehead atoms. The molecule has 0 aromatic rings. The fraction of sp³-hybridized carbons (Fsp3) is 0.857. The second-order valence-electron chi connectivity index (χ2n) is 8.97. The summed E-state index contributed by atoms with van der Waals surface area (Å²) in [7, 11) is 0. The van der Waals surface area contributed by atoms with Crippen molar-refractivity contribution in [3.8, 4) is 0 Å². The van der Waals surface area contributed by atoms with E-state index < -0.39 is 0 Å². The molecule has 0 saturated heterocycles. The van der Waals surface area contributed by atoms with Gasteiger partial charge in [-0.3, -0.25) is 0 Å². The first-order valence-electron chi connectivity index (χ1n) is 13.7. The number of esters is 2. The van der Waals surface area contributed by atoms with Gasteiger partial charge in [-0.05, 0) is 38.5 Å². The van der Waals surface area contributed by atoms with Crippen LogP contribution in [0.5, 0.6) is 0 Å². The second-order valence-corrected chi connectivity index (χ2v) is 8.97. The van der Waals surface area contributed by atoms with Crippen LogP contribution in [-0.2, 0) is 19.1 Å². The van der Waals surface area contributed by atoms with E-state index in [0.29, 0.717) is 37.2 Å². The number of carbonyl (C=O) groups excluding carboxylic acids is 2. The molecule has 0 aromatic heterocycles. The average molecular weight is 575 g/mol. The fourth-order valence-electron chi connectivity index (χ4n) is 3.71. The van der Waals surface area contributed by atoms with E-state index in [-0.39, 0.29) is 35.8 Å². The fourth-order valence-corrected chi connectivity index (χ4v) is 3.71. The van der Waals surface area contributed by atoms with Crippen LogP contribution in [0.1, 0.15) is 143 Å². The zero-order valence-corrected chi connectivity index (χ0v) is 21.8. The predicted molar refractivity (Wildman–Crippen MR) is 146 cm³/mol. The molecule has 0 amide bonds. The Morgan fingerprint density at radius 2 is 0.758 bits per heavy atom. The van der Waals surface area contributed by atoms with E-state index in [1.807, 2.05) is 0 Å². The summed E-state index contributed by atoms with van der Waals surface area (Å²) >= 11 is 0. The minimum absolute atomic E-state index is 0. The van der Waals surface area contributed by atoms with Crippen molar-refractivity contribution in [3.05, 3.63) is 11.1 Å². The Labute approximate surface area is 222 Å². The van der Waals surface area contributed by atoms with E-state index in [9.17, 15) is 9.59 Å². The molecule has 0 spiro atoms. The van der Waals surface area contributed by atoms with Gasteiger partial charge < -0.3 is 9.47 Å². The zero-order chi connectivity index (χ0) is 23.9. The SMILES string of the molecule is CCCCCCCC/C(C(=O)OCCCC)=C(\CCCCCCCC)C(=O)OCCCC.[SnH4]. The predicted octanol–water partition coefficient (Wildman–Crippen LogP) is 7.02. The first-order valence-corrected chi connectivity index (χ1v) is 13.7. The second kappa shape index (κ2) is 26.1. The molecule has 0 aliphatic heterocycles. The van der Waals surface area contributed by atoms with Gasteiger partial charge in [0.1, 0.15) is 0 Å². The summed E-state index contributed by atoms with van der Waals surface area (Å²) in [5, 5.41) is 0. The number of carbonyl (C=O) groups is 2. The van der Waals surface area contributed by atoms with E-state index in [1.165, 1.54) is 51.4 Å². The number of ether oxygens (including phenoxy) is 2. The molecule has 5 heteroatoms. The van der Waals surface area contributed by atoms with Gasteiger partial charge in [0.25, 0.3) is 0 Å². The Morgan fingerprint density at radius 3 is 1.09 bits per heavy atom. The van der Waals surface area contributed by atoms with Crippen LogP contribution in [0.3, 0.4) is 0 Å². The average Bonchev–Trinajstić information content (AvgIpc) is 2.79. The van der Waals surface area contributed by atoms with Crippen molar-refractivity contribution in [2.75, 3.05) is 13.2 Å². The first-order chi connectivity index (χ1) is 15.6. The van der Waals surface area contributed by atoms with Gasteiger partial charge in [0, 0.05) is 11.1 Å². The van der Waals surface area contributed by atoms with Gasteiger partial charge in [0.2, 0.25) is 0 Å². The number of hydrogen-bond acceptors (Lipinski definition) is 4. The van der Waals surface area contributed by atoms with Gasteiger partial charge in [-0.15, -0.1) is 0 Å². The van der Waals surface area contributed by atoms with Gasteiger partial charge in [-0.25, -0.2) is 9.59 Å². The molecule has 0 N–H and O–H groups in total. The maximum absolute atomic E-state index is 12.9. The van der Waals surface area contributed by atoms with Crippen molar-refractivity contribution in [1.82, 2.24) is 0 Å². The Balaban J connectivity index is 0. The minimum atomic E-state index is -0.305. The van der Waals surface area contributed by atoms with E-state index in [2.05, 4.69) is 27.7 Å². The topological polar surface area (TPSA) is 52.6 Å². The van der Waals surface area contributed by atoms with Crippen LogP contribution < -0.4 is 0 Å². The van der Waals surface area contributed by atoms with E-state index >= 15 is 0 Å². The number of rotatable bonds is 22. The molecular weight excluding hydrogens is 519 g/mol. The third-order valence-corrected chi connectivity index (χ3v) is 5.88. The summed E-state index contributed by atoms with van der Waals surface area (Å²) in [6.45, 7) is 9.43. The van der Waals surface area contributed by atoms with Gasteiger partial charge in [0.15, 0.2) is 0 Å². The summed E-state index contributed by atoms with van der Waals surface area (Å²) in [4.78, 5) is 25.9. The van der Waals surface area contributed by atoms with Gasteiger partial charge in [-0.2, -0.15) is 0 Å². The van der Waals surface area contributed by atoms with Crippen LogP contribution in [0.2, 0.25) is 0 Å². The molecule has 0 atom stereocenters. The summed E-state index contributed by atoms with van der Waals surface area (Å²) in [5.74, 6) is -0.610. The van der Waals surface area contributed by atoms with E-state index in [1.54, 1.807) is 0 Å². The van der Waals surface area contributed by atoms with E-state index in [4.69, 9.17) is 9.47 Å². The molecule has 0 radical (unpaired) electrons. The number of hydrogen-bond donors (Lipinski definition) is 0. The van der Waals surface area contributed by atoms with Gasteiger partial charge in [-0.1, -0.05) is 105 Å². The van der Waals surface area contributed by atoms with Crippen molar-refractivity contribution in [3.63, 3.8) is 0 Å². The quantitative estimate of drug-likeness (QED) is 0.0603.